The van der Waals surface area contributed by atoms with E-state index in [4.69, 9.17) is 22.1 Å². The lowest BCUT2D eigenvalue weighted by Crippen LogP contribution is -2.08. The van der Waals surface area contributed by atoms with Crippen molar-refractivity contribution in [3.05, 3.63) is 28.8 Å². The van der Waals surface area contributed by atoms with E-state index in [1.165, 1.54) is 25.7 Å². The van der Waals surface area contributed by atoms with Crippen LogP contribution in [0, 0.1) is 0 Å². The largest absolute Gasteiger partial charge is 0.493 e. The van der Waals surface area contributed by atoms with Gasteiger partial charge in [-0.25, -0.2) is 0 Å². The van der Waals surface area contributed by atoms with Crippen molar-refractivity contribution in [2.45, 2.75) is 52.0 Å². The molecule has 0 saturated carbocycles. The fraction of sp³-hybridized carbons (Fsp3) is 0.600. The topological polar surface area (TPSA) is 35.2 Å². The standard InChI is InChI=1S/C15H24ClNO/c1-3-4-5-6-7-10-18-15-9-8-13(16)11-14(15)12(2)17/h8-9,11-12H,3-7,10,17H2,1-2H3. The van der Waals surface area contributed by atoms with Gasteiger partial charge in [-0.2, -0.15) is 0 Å². The quantitative estimate of drug-likeness (QED) is 0.694. The van der Waals surface area contributed by atoms with Gasteiger partial charge in [-0.05, 0) is 31.5 Å². The first-order chi connectivity index (χ1) is 8.65. The summed E-state index contributed by atoms with van der Waals surface area (Å²) in [6, 6.07) is 5.59. The number of ether oxygens (including phenoxy) is 1. The van der Waals surface area contributed by atoms with E-state index < -0.39 is 0 Å². The van der Waals surface area contributed by atoms with Crippen LogP contribution in [-0.4, -0.2) is 6.61 Å². The molecule has 0 amide bonds. The van der Waals surface area contributed by atoms with E-state index in [0.717, 1.165) is 24.3 Å². The Morgan fingerprint density at radius 1 is 1.22 bits per heavy atom. The normalized spacial score (nSPS) is 12.4. The van der Waals surface area contributed by atoms with Crippen molar-refractivity contribution in [1.29, 1.82) is 0 Å². The Balaban J connectivity index is 2.42. The Morgan fingerprint density at radius 3 is 2.61 bits per heavy atom. The maximum Gasteiger partial charge on any atom is 0.124 e. The molecule has 1 rings (SSSR count). The van der Waals surface area contributed by atoms with Crippen LogP contribution in [0.15, 0.2) is 18.2 Å². The van der Waals surface area contributed by atoms with E-state index >= 15 is 0 Å². The van der Waals surface area contributed by atoms with Crippen LogP contribution in [0.2, 0.25) is 5.02 Å². The fourth-order valence-electron chi connectivity index (χ4n) is 1.89. The van der Waals surface area contributed by atoms with Crippen molar-refractivity contribution in [1.82, 2.24) is 0 Å². The van der Waals surface area contributed by atoms with E-state index in [0.29, 0.717) is 5.02 Å². The van der Waals surface area contributed by atoms with Crippen molar-refractivity contribution in [2.75, 3.05) is 6.61 Å². The molecule has 0 aromatic heterocycles. The van der Waals surface area contributed by atoms with Gasteiger partial charge >= 0.3 is 0 Å². The summed E-state index contributed by atoms with van der Waals surface area (Å²) < 4.78 is 5.80. The molecule has 0 radical (unpaired) electrons. The minimum atomic E-state index is -0.0567. The zero-order chi connectivity index (χ0) is 13.4. The molecule has 1 unspecified atom stereocenters. The summed E-state index contributed by atoms with van der Waals surface area (Å²) in [7, 11) is 0. The molecule has 102 valence electrons. The van der Waals surface area contributed by atoms with Crippen LogP contribution in [0.5, 0.6) is 5.75 Å². The van der Waals surface area contributed by atoms with Crippen LogP contribution in [0.25, 0.3) is 0 Å². The monoisotopic (exact) mass is 269 g/mol. The first kappa shape index (κ1) is 15.3. The molecule has 0 aliphatic heterocycles. The number of rotatable bonds is 8. The number of unbranched alkanes of at least 4 members (excludes halogenated alkanes) is 4. The Bertz CT molecular complexity index is 352. The van der Waals surface area contributed by atoms with Crippen molar-refractivity contribution in [3.63, 3.8) is 0 Å². The highest BCUT2D eigenvalue weighted by Gasteiger charge is 2.08. The van der Waals surface area contributed by atoms with Gasteiger partial charge in [-0.15, -0.1) is 0 Å². The molecular weight excluding hydrogens is 246 g/mol. The summed E-state index contributed by atoms with van der Waals surface area (Å²) >= 11 is 5.97. The van der Waals surface area contributed by atoms with Gasteiger partial charge in [0, 0.05) is 16.6 Å². The molecule has 1 aromatic carbocycles. The lowest BCUT2D eigenvalue weighted by atomic mass is 10.1. The SMILES string of the molecule is CCCCCCCOc1ccc(Cl)cc1C(C)N. The molecule has 0 aliphatic rings. The summed E-state index contributed by atoms with van der Waals surface area (Å²) in [4.78, 5) is 0. The Kier molecular flexibility index (Phi) is 7.14. The average Bonchev–Trinajstić information content (AvgIpc) is 2.35. The second kappa shape index (κ2) is 8.39. The van der Waals surface area contributed by atoms with Crippen molar-refractivity contribution >= 4 is 11.6 Å². The van der Waals surface area contributed by atoms with Crippen LogP contribution in [0.3, 0.4) is 0 Å². The maximum atomic E-state index is 5.97. The Labute approximate surface area is 115 Å². The Morgan fingerprint density at radius 2 is 1.94 bits per heavy atom. The van der Waals surface area contributed by atoms with Gasteiger partial charge in [0.25, 0.3) is 0 Å². The zero-order valence-corrected chi connectivity index (χ0v) is 12.2. The number of halogens is 1. The minimum Gasteiger partial charge on any atom is -0.493 e. The van der Waals surface area contributed by atoms with Crippen LogP contribution < -0.4 is 10.5 Å². The summed E-state index contributed by atoms with van der Waals surface area (Å²) in [5, 5.41) is 0.706. The third kappa shape index (κ3) is 5.28. The smallest absolute Gasteiger partial charge is 0.124 e. The first-order valence-corrected chi connectivity index (χ1v) is 7.20. The zero-order valence-electron chi connectivity index (χ0n) is 11.4. The maximum absolute atomic E-state index is 5.97. The molecule has 2 N–H and O–H groups in total. The number of benzene rings is 1. The van der Waals surface area contributed by atoms with Gasteiger partial charge < -0.3 is 10.5 Å². The van der Waals surface area contributed by atoms with Crippen molar-refractivity contribution < 1.29 is 4.74 Å². The van der Waals surface area contributed by atoms with Crippen LogP contribution >= 0.6 is 11.6 Å². The molecule has 0 bridgehead atoms. The van der Waals surface area contributed by atoms with Crippen LogP contribution in [0.1, 0.15) is 57.6 Å². The van der Waals surface area contributed by atoms with Gasteiger partial charge in [-0.1, -0.05) is 44.2 Å². The van der Waals surface area contributed by atoms with E-state index in [-0.39, 0.29) is 6.04 Å². The van der Waals surface area contributed by atoms with Gasteiger partial charge in [0.05, 0.1) is 6.61 Å². The lowest BCUT2D eigenvalue weighted by molar-refractivity contribution is 0.300. The highest BCUT2D eigenvalue weighted by Crippen LogP contribution is 2.27. The molecule has 0 fully saturated rings. The number of hydrogen-bond acceptors (Lipinski definition) is 2. The molecule has 1 atom stereocenters. The summed E-state index contributed by atoms with van der Waals surface area (Å²) in [6.07, 6.45) is 6.20. The summed E-state index contributed by atoms with van der Waals surface area (Å²) in [5.41, 5.74) is 6.90. The van der Waals surface area contributed by atoms with Gasteiger partial charge in [-0.3, -0.25) is 0 Å². The number of nitrogens with two attached hydrogens (primary N) is 1. The second-order valence-corrected chi connectivity index (χ2v) is 5.17. The van der Waals surface area contributed by atoms with E-state index in [2.05, 4.69) is 6.92 Å². The van der Waals surface area contributed by atoms with Crippen LogP contribution in [0.4, 0.5) is 0 Å². The van der Waals surface area contributed by atoms with Gasteiger partial charge in [0.15, 0.2) is 0 Å². The molecule has 0 saturated heterocycles. The van der Waals surface area contributed by atoms with Crippen LogP contribution in [-0.2, 0) is 0 Å². The predicted molar refractivity (Wildman–Crippen MR) is 78.3 cm³/mol. The number of hydrogen-bond donors (Lipinski definition) is 1. The van der Waals surface area contributed by atoms with Gasteiger partial charge in [0.2, 0.25) is 0 Å². The van der Waals surface area contributed by atoms with E-state index in [1.807, 2.05) is 25.1 Å². The molecule has 2 nitrogen and oxygen atoms in total. The highest BCUT2D eigenvalue weighted by atomic mass is 35.5. The molecule has 1 aromatic rings. The average molecular weight is 270 g/mol. The third-order valence-electron chi connectivity index (χ3n) is 2.97. The molecule has 0 spiro atoms. The molecular formula is C15H24ClNO. The molecule has 0 heterocycles. The van der Waals surface area contributed by atoms with Crippen molar-refractivity contribution in [2.24, 2.45) is 5.73 Å². The predicted octanol–water partition coefficient (Wildman–Crippen LogP) is 4.71. The second-order valence-electron chi connectivity index (χ2n) is 4.73. The molecule has 0 aliphatic carbocycles. The lowest BCUT2D eigenvalue weighted by Gasteiger charge is -2.14. The minimum absolute atomic E-state index is 0.0567. The van der Waals surface area contributed by atoms with Gasteiger partial charge in [0.1, 0.15) is 5.75 Å². The molecule has 3 heteroatoms. The Hall–Kier alpha value is -0.730. The fourth-order valence-corrected chi connectivity index (χ4v) is 2.07. The van der Waals surface area contributed by atoms with E-state index in [1.54, 1.807) is 0 Å². The highest BCUT2D eigenvalue weighted by molar-refractivity contribution is 6.30. The summed E-state index contributed by atoms with van der Waals surface area (Å²) in [6.45, 7) is 4.92. The summed E-state index contributed by atoms with van der Waals surface area (Å²) in [5.74, 6) is 0.866. The molecule has 18 heavy (non-hydrogen) atoms. The van der Waals surface area contributed by atoms with E-state index in [9.17, 15) is 0 Å². The first-order valence-electron chi connectivity index (χ1n) is 6.83. The van der Waals surface area contributed by atoms with Crippen molar-refractivity contribution in [3.8, 4) is 5.75 Å². The third-order valence-corrected chi connectivity index (χ3v) is 3.20.